The monoisotopic (exact) mass is 341 g/mol. The maximum absolute atomic E-state index is 12.4. The lowest BCUT2D eigenvalue weighted by Crippen LogP contribution is -2.43. The van der Waals surface area contributed by atoms with Crippen molar-refractivity contribution >= 4 is 22.6 Å². The van der Waals surface area contributed by atoms with Crippen LogP contribution < -0.4 is 10.1 Å². The molecule has 1 aliphatic carbocycles. The van der Waals surface area contributed by atoms with E-state index >= 15 is 0 Å². The third-order valence-corrected chi connectivity index (χ3v) is 4.73. The summed E-state index contributed by atoms with van der Waals surface area (Å²) in [5.41, 5.74) is 0.923. The van der Waals surface area contributed by atoms with Crippen LogP contribution in [0.3, 0.4) is 0 Å². The maximum Gasteiger partial charge on any atom is 0.307 e. The molecule has 0 bridgehead atoms. The second-order valence-corrected chi connectivity index (χ2v) is 6.78. The summed E-state index contributed by atoms with van der Waals surface area (Å²) >= 11 is 0. The Hall–Kier alpha value is -2.56. The van der Waals surface area contributed by atoms with Gasteiger partial charge in [0.15, 0.2) is 0 Å². The second-order valence-electron chi connectivity index (χ2n) is 6.78. The van der Waals surface area contributed by atoms with Crippen molar-refractivity contribution in [1.82, 2.24) is 5.32 Å². The summed E-state index contributed by atoms with van der Waals surface area (Å²) in [4.78, 5) is 23.5. The minimum Gasteiger partial charge on any atom is -0.491 e. The van der Waals surface area contributed by atoms with Crippen molar-refractivity contribution in [3.8, 4) is 5.75 Å². The molecule has 2 aromatic carbocycles. The molecule has 1 aliphatic rings. The fourth-order valence-corrected chi connectivity index (χ4v) is 3.28. The number of aliphatic carboxylic acids is 1. The Balaban J connectivity index is 1.82. The maximum atomic E-state index is 12.4. The SMILES string of the molecule is CC(C)Oc1ccc2ccccc2c1CNC(=O)C1CCC1C(=O)O. The van der Waals surface area contributed by atoms with Gasteiger partial charge in [-0.25, -0.2) is 0 Å². The molecule has 0 aliphatic heterocycles. The number of hydrogen-bond acceptors (Lipinski definition) is 3. The van der Waals surface area contributed by atoms with Gasteiger partial charge in [-0.05, 0) is 43.5 Å². The average Bonchev–Trinajstić information content (AvgIpc) is 2.51. The number of amides is 1. The summed E-state index contributed by atoms with van der Waals surface area (Å²) in [5.74, 6) is -1.32. The number of rotatable bonds is 6. The van der Waals surface area contributed by atoms with E-state index in [1.165, 1.54) is 0 Å². The quantitative estimate of drug-likeness (QED) is 0.845. The van der Waals surface area contributed by atoms with E-state index in [4.69, 9.17) is 9.84 Å². The van der Waals surface area contributed by atoms with Crippen molar-refractivity contribution in [2.24, 2.45) is 11.8 Å². The Bertz CT molecular complexity index is 799. The van der Waals surface area contributed by atoms with Gasteiger partial charge in [0.25, 0.3) is 0 Å². The lowest BCUT2D eigenvalue weighted by molar-refractivity contribution is -0.152. The molecule has 3 rings (SSSR count). The van der Waals surface area contributed by atoms with Gasteiger partial charge >= 0.3 is 5.97 Å². The highest BCUT2D eigenvalue weighted by molar-refractivity contribution is 5.89. The molecule has 2 aromatic rings. The molecule has 0 heterocycles. The predicted molar refractivity (Wildman–Crippen MR) is 95.4 cm³/mol. The van der Waals surface area contributed by atoms with Gasteiger partial charge in [0.2, 0.25) is 5.91 Å². The summed E-state index contributed by atoms with van der Waals surface area (Å²) in [6.45, 7) is 4.25. The van der Waals surface area contributed by atoms with Crippen LogP contribution >= 0.6 is 0 Å². The van der Waals surface area contributed by atoms with Gasteiger partial charge in [-0.15, -0.1) is 0 Å². The Morgan fingerprint density at radius 3 is 2.52 bits per heavy atom. The first kappa shape index (κ1) is 17.3. The van der Waals surface area contributed by atoms with Gasteiger partial charge in [0.1, 0.15) is 5.75 Å². The molecule has 1 amide bonds. The topological polar surface area (TPSA) is 75.6 Å². The molecule has 25 heavy (non-hydrogen) atoms. The zero-order valence-corrected chi connectivity index (χ0v) is 14.5. The Morgan fingerprint density at radius 2 is 1.88 bits per heavy atom. The fourth-order valence-electron chi connectivity index (χ4n) is 3.28. The van der Waals surface area contributed by atoms with Crippen LogP contribution in [0, 0.1) is 11.8 Å². The van der Waals surface area contributed by atoms with Crippen LogP contribution in [0.2, 0.25) is 0 Å². The van der Waals surface area contributed by atoms with Gasteiger partial charge in [-0.3, -0.25) is 9.59 Å². The van der Waals surface area contributed by atoms with Gasteiger partial charge in [-0.1, -0.05) is 30.3 Å². The molecule has 2 unspecified atom stereocenters. The molecule has 1 saturated carbocycles. The van der Waals surface area contributed by atoms with Crippen LogP contribution in [0.4, 0.5) is 0 Å². The smallest absolute Gasteiger partial charge is 0.307 e. The number of hydrogen-bond donors (Lipinski definition) is 2. The number of ether oxygens (including phenoxy) is 1. The van der Waals surface area contributed by atoms with E-state index in [9.17, 15) is 9.59 Å². The second kappa shape index (κ2) is 7.13. The Labute approximate surface area is 147 Å². The number of benzene rings is 2. The van der Waals surface area contributed by atoms with Crippen LogP contribution in [0.5, 0.6) is 5.75 Å². The fraction of sp³-hybridized carbons (Fsp3) is 0.400. The van der Waals surface area contributed by atoms with E-state index in [1.807, 2.05) is 50.2 Å². The number of carbonyl (C=O) groups excluding carboxylic acids is 1. The van der Waals surface area contributed by atoms with Crippen LogP contribution in [-0.4, -0.2) is 23.1 Å². The van der Waals surface area contributed by atoms with Crippen molar-refractivity contribution in [1.29, 1.82) is 0 Å². The summed E-state index contributed by atoms with van der Waals surface area (Å²) in [7, 11) is 0. The molecule has 0 saturated heterocycles. The summed E-state index contributed by atoms with van der Waals surface area (Å²) in [5, 5.41) is 14.1. The minimum atomic E-state index is -0.889. The summed E-state index contributed by atoms with van der Waals surface area (Å²) in [6.07, 6.45) is 1.23. The molecule has 2 N–H and O–H groups in total. The van der Waals surface area contributed by atoms with Crippen molar-refractivity contribution in [3.05, 3.63) is 42.0 Å². The molecule has 5 heteroatoms. The van der Waals surface area contributed by atoms with Crippen molar-refractivity contribution in [2.45, 2.75) is 39.3 Å². The van der Waals surface area contributed by atoms with E-state index in [-0.39, 0.29) is 12.0 Å². The van der Waals surface area contributed by atoms with E-state index in [1.54, 1.807) is 0 Å². The van der Waals surface area contributed by atoms with E-state index in [0.29, 0.717) is 19.4 Å². The molecule has 132 valence electrons. The Kier molecular flexibility index (Phi) is 4.93. The molecule has 0 spiro atoms. The Morgan fingerprint density at radius 1 is 1.16 bits per heavy atom. The standard InChI is InChI=1S/C20H23NO4/c1-12(2)25-18-10-7-13-5-3-4-6-14(13)17(18)11-21-19(22)15-8-9-16(15)20(23)24/h3-7,10,12,15-16H,8-9,11H2,1-2H3,(H,21,22)(H,23,24). The van der Waals surface area contributed by atoms with Crippen LogP contribution in [0.1, 0.15) is 32.3 Å². The van der Waals surface area contributed by atoms with Gasteiger partial charge in [-0.2, -0.15) is 0 Å². The third kappa shape index (κ3) is 3.60. The highest BCUT2D eigenvalue weighted by Gasteiger charge is 2.41. The van der Waals surface area contributed by atoms with Gasteiger partial charge < -0.3 is 15.2 Å². The molecular weight excluding hydrogens is 318 g/mol. The molecule has 0 aromatic heterocycles. The minimum absolute atomic E-state index is 0.0265. The largest absolute Gasteiger partial charge is 0.491 e. The molecule has 2 atom stereocenters. The van der Waals surface area contributed by atoms with Crippen molar-refractivity contribution in [2.75, 3.05) is 0 Å². The van der Waals surface area contributed by atoms with Crippen LogP contribution in [-0.2, 0) is 16.1 Å². The molecular formula is C20H23NO4. The van der Waals surface area contributed by atoms with Crippen molar-refractivity contribution in [3.63, 3.8) is 0 Å². The molecule has 1 fully saturated rings. The first-order valence-corrected chi connectivity index (χ1v) is 8.65. The van der Waals surface area contributed by atoms with Crippen molar-refractivity contribution < 1.29 is 19.4 Å². The van der Waals surface area contributed by atoms with E-state index in [0.717, 1.165) is 22.1 Å². The normalized spacial score (nSPS) is 19.5. The number of carboxylic acids is 1. The molecule has 0 radical (unpaired) electrons. The first-order valence-electron chi connectivity index (χ1n) is 8.65. The number of fused-ring (bicyclic) bond motifs is 1. The lowest BCUT2D eigenvalue weighted by atomic mass is 9.73. The van der Waals surface area contributed by atoms with E-state index < -0.39 is 17.8 Å². The number of carbonyl (C=O) groups is 2. The van der Waals surface area contributed by atoms with Crippen LogP contribution in [0.25, 0.3) is 10.8 Å². The number of carboxylic acid groups (broad SMARTS) is 1. The predicted octanol–water partition coefficient (Wildman–Crippen LogP) is 3.35. The van der Waals surface area contributed by atoms with Crippen LogP contribution in [0.15, 0.2) is 36.4 Å². The summed E-state index contributed by atoms with van der Waals surface area (Å²) < 4.78 is 5.90. The highest BCUT2D eigenvalue weighted by Crippen LogP contribution is 2.35. The first-order chi connectivity index (χ1) is 12.0. The zero-order valence-electron chi connectivity index (χ0n) is 14.5. The highest BCUT2D eigenvalue weighted by atomic mass is 16.5. The molecule has 5 nitrogen and oxygen atoms in total. The van der Waals surface area contributed by atoms with Gasteiger partial charge in [0, 0.05) is 12.1 Å². The third-order valence-electron chi connectivity index (χ3n) is 4.73. The van der Waals surface area contributed by atoms with E-state index in [2.05, 4.69) is 5.32 Å². The zero-order chi connectivity index (χ0) is 18.0. The summed E-state index contributed by atoms with van der Waals surface area (Å²) in [6, 6.07) is 11.9. The lowest BCUT2D eigenvalue weighted by Gasteiger charge is -2.32. The average molecular weight is 341 g/mol. The van der Waals surface area contributed by atoms with Gasteiger partial charge in [0.05, 0.1) is 17.9 Å². The number of nitrogens with one attached hydrogen (secondary N) is 1.